The van der Waals surface area contributed by atoms with Crippen molar-refractivity contribution in [2.24, 2.45) is 5.92 Å². The topological polar surface area (TPSA) is 29.5 Å². The van der Waals surface area contributed by atoms with Gasteiger partial charge in [0.25, 0.3) is 5.91 Å². The quantitative estimate of drug-likeness (QED) is 0.803. The van der Waals surface area contributed by atoms with E-state index in [9.17, 15) is 4.79 Å². The van der Waals surface area contributed by atoms with Crippen molar-refractivity contribution in [3.63, 3.8) is 0 Å². The number of halogens is 2. The third-order valence-corrected chi connectivity index (χ3v) is 4.18. The smallest absolute Gasteiger partial charge is 0.260 e. The van der Waals surface area contributed by atoms with Gasteiger partial charge in [0.2, 0.25) is 0 Å². The molecule has 19 heavy (non-hydrogen) atoms. The minimum Gasteiger partial charge on any atom is -0.484 e. The molecule has 0 radical (unpaired) electrons. The molecule has 0 aliphatic carbocycles. The molecule has 104 valence electrons. The molecule has 1 aliphatic heterocycles. The molecule has 1 fully saturated rings. The van der Waals surface area contributed by atoms with Crippen LogP contribution in [0.3, 0.4) is 0 Å². The number of alkyl halides is 1. The molecule has 1 amide bonds. The van der Waals surface area contributed by atoms with Gasteiger partial charge in [-0.15, -0.1) is 11.6 Å². The number of benzene rings is 1. The average molecular weight is 302 g/mol. The SMILES string of the molecule is CC1CCN(C(=O)COc2cccc(Cl)c2)CC1Cl. The maximum Gasteiger partial charge on any atom is 0.260 e. The minimum absolute atomic E-state index is 0.0261. The Balaban J connectivity index is 1.84. The lowest BCUT2D eigenvalue weighted by molar-refractivity contribution is -0.134. The highest BCUT2D eigenvalue weighted by Crippen LogP contribution is 2.22. The Morgan fingerprint density at radius 2 is 2.32 bits per heavy atom. The Morgan fingerprint density at radius 3 is 3.00 bits per heavy atom. The number of carbonyl (C=O) groups excluding carboxylic acids is 1. The predicted octanol–water partition coefficient (Wildman–Crippen LogP) is 3.19. The third kappa shape index (κ3) is 4.02. The number of amides is 1. The summed E-state index contributed by atoms with van der Waals surface area (Å²) < 4.78 is 5.45. The standard InChI is InChI=1S/C14H17Cl2NO2/c1-10-5-6-17(8-13(10)16)14(18)9-19-12-4-2-3-11(15)7-12/h2-4,7,10,13H,5-6,8-9H2,1H3. The molecular weight excluding hydrogens is 285 g/mol. The molecule has 0 bridgehead atoms. The average Bonchev–Trinajstić information content (AvgIpc) is 2.39. The lowest BCUT2D eigenvalue weighted by Gasteiger charge is -2.33. The predicted molar refractivity (Wildman–Crippen MR) is 76.9 cm³/mol. The zero-order valence-corrected chi connectivity index (χ0v) is 12.3. The summed E-state index contributed by atoms with van der Waals surface area (Å²) in [4.78, 5) is 13.8. The molecule has 1 saturated heterocycles. The first-order chi connectivity index (χ1) is 9.06. The lowest BCUT2D eigenvalue weighted by atomic mass is 9.99. The van der Waals surface area contributed by atoms with Crippen molar-refractivity contribution in [3.8, 4) is 5.75 Å². The first-order valence-electron chi connectivity index (χ1n) is 6.36. The fourth-order valence-electron chi connectivity index (χ4n) is 2.04. The van der Waals surface area contributed by atoms with Crippen molar-refractivity contribution in [1.29, 1.82) is 0 Å². The van der Waals surface area contributed by atoms with Crippen molar-refractivity contribution in [3.05, 3.63) is 29.3 Å². The van der Waals surface area contributed by atoms with E-state index in [1.54, 1.807) is 29.2 Å². The van der Waals surface area contributed by atoms with Crippen LogP contribution < -0.4 is 4.74 Å². The van der Waals surface area contributed by atoms with E-state index in [0.717, 1.165) is 13.0 Å². The summed E-state index contributed by atoms with van der Waals surface area (Å²) in [6.45, 7) is 3.49. The van der Waals surface area contributed by atoms with Gasteiger partial charge in [-0.2, -0.15) is 0 Å². The number of hydrogen-bond donors (Lipinski definition) is 0. The molecule has 0 N–H and O–H groups in total. The molecule has 1 aromatic carbocycles. The first-order valence-corrected chi connectivity index (χ1v) is 7.18. The van der Waals surface area contributed by atoms with Crippen LogP contribution >= 0.6 is 23.2 Å². The van der Waals surface area contributed by atoms with Gasteiger partial charge in [0.05, 0.1) is 5.38 Å². The molecule has 0 saturated carbocycles. The van der Waals surface area contributed by atoms with Crippen molar-refractivity contribution >= 4 is 29.1 Å². The van der Waals surface area contributed by atoms with Crippen molar-refractivity contribution < 1.29 is 9.53 Å². The summed E-state index contributed by atoms with van der Waals surface area (Å²) in [5.41, 5.74) is 0. The summed E-state index contributed by atoms with van der Waals surface area (Å²) in [6, 6.07) is 7.03. The molecule has 2 atom stereocenters. The molecule has 0 aromatic heterocycles. The second kappa shape index (κ2) is 6.49. The molecule has 2 unspecified atom stereocenters. The molecule has 3 nitrogen and oxygen atoms in total. The van der Waals surface area contributed by atoms with E-state index in [1.165, 1.54) is 0 Å². The maximum atomic E-state index is 12.0. The molecule has 1 heterocycles. The van der Waals surface area contributed by atoms with Crippen LogP contribution in [0.15, 0.2) is 24.3 Å². The highest BCUT2D eigenvalue weighted by molar-refractivity contribution is 6.30. The summed E-state index contributed by atoms with van der Waals surface area (Å²) in [6.07, 6.45) is 0.942. The number of ether oxygens (including phenoxy) is 1. The Labute approximate surface area is 123 Å². The largest absolute Gasteiger partial charge is 0.484 e. The van der Waals surface area contributed by atoms with Crippen LogP contribution in [-0.2, 0) is 4.79 Å². The molecule has 1 aliphatic rings. The van der Waals surface area contributed by atoms with Crippen LogP contribution in [0.25, 0.3) is 0 Å². The lowest BCUT2D eigenvalue weighted by Crippen LogP contribution is -2.45. The highest BCUT2D eigenvalue weighted by atomic mass is 35.5. The van der Waals surface area contributed by atoms with Gasteiger partial charge in [0, 0.05) is 18.1 Å². The zero-order chi connectivity index (χ0) is 13.8. The molecular formula is C14H17Cl2NO2. The van der Waals surface area contributed by atoms with Crippen LogP contribution in [0.5, 0.6) is 5.75 Å². The van der Waals surface area contributed by atoms with Crippen LogP contribution in [0.1, 0.15) is 13.3 Å². The van der Waals surface area contributed by atoms with Crippen LogP contribution in [0.4, 0.5) is 0 Å². The van der Waals surface area contributed by atoms with E-state index in [-0.39, 0.29) is 17.9 Å². The van der Waals surface area contributed by atoms with Gasteiger partial charge < -0.3 is 9.64 Å². The van der Waals surface area contributed by atoms with Gasteiger partial charge >= 0.3 is 0 Å². The zero-order valence-electron chi connectivity index (χ0n) is 10.8. The summed E-state index contributed by atoms with van der Waals surface area (Å²) in [7, 11) is 0. The normalized spacial score (nSPS) is 23.2. The van der Waals surface area contributed by atoms with Crippen LogP contribution in [0.2, 0.25) is 5.02 Å². The summed E-state index contributed by atoms with van der Waals surface area (Å²) >= 11 is 12.0. The van der Waals surface area contributed by atoms with Crippen molar-refractivity contribution in [2.75, 3.05) is 19.7 Å². The minimum atomic E-state index is -0.0301. The van der Waals surface area contributed by atoms with E-state index < -0.39 is 0 Å². The number of likely N-dealkylation sites (tertiary alicyclic amines) is 1. The number of hydrogen-bond acceptors (Lipinski definition) is 2. The Kier molecular flexibility index (Phi) is 4.94. The van der Waals surface area contributed by atoms with Crippen molar-refractivity contribution in [2.45, 2.75) is 18.7 Å². The number of carbonyl (C=O) groups is 1. The monoisotopic (exact) mass is 301 g/mol. The Morgan fingerprint density at radius 1 is 1.53 bits per heavy atom. The van der Waals surface area contributed by atoms with E-state index in [2.05, 4.69) is 6.92 Å². The molecule has 5 heteroatoms. The first kappa shape index (κ1) is 14.5. The van der Waals surface area contributed by atoms with Gasteiger partial charge in [-0.1, -0.05) is 24.6 Å². The molecule has 2 rings (SSSR count). The Bertz CT molecular complexity index is 453. The van der Waals surface area contributed by atoms with E-state index in [0.29, 0.717) is 23.2 Å². The van der Waals surface area contributed by atoms with Gasteiger partial charge in [-0.05, 0) is 30.5 Å². The maximum absolute atomic E-state index is 12.0. The highest BCUT2D eigenvalue weighted by Gasteiger charge is 2.27. The number of nitrogens with zero attached hydrogens (tertiary/aromatic N) is 1. The number of rotatable bonds is 3. The summed E-state index contributed by atoms with van der Waals surface area (Å²) in [5.74, 6) is 1.03. The third-order valence-electron chi connectivity index (χ3n) is 3.38. The second-order valence-corrected chi connectivity index (χ2v) is 5.86. The van der Waals surface area contributed by atoms with Crippen LogP contribution in [0, 0.1) is 5.92 Å². The second-order valence-electron chi connectivity index (χ2n) is 4.87. The number of piperidine rings is 1. The van der Waals surface area contributed by atoms with E-state index in [1.807, 2.05) is 0 Å². The Hall–Kier alpha value is -0.930. The molecule has 1 aromatic rings. The van der Waals surface area contributed by atoms with E-state index in [4.69, 9.17) is 27.9 Å². The summed E-state index contributed by atoms with van der Waals surface area (Å²) in [5, 5.41) is 0.626. The van der Waals surface area contributed by atoms with Crippen molar-refractivity contribution in [1.82, 2.24) is 4.90 Å². The van der Waals surface area contributed by atoms with Gasteiger partial charge in [-0.3, -0.25) is 4.79 Å². The van der Waals surface area contributed by atoms with Gasteiger partial charge in [0.15, 0.2) is 6.61 Å². The fraction of sp³-hybridized carbons (Fsp3) is 0.500. The van der Waals surface area contributed by atoms with E-state index >= 15 is 0 Å². The van der Waals surface area contributed by atoms with Gasteiger partial charge in [-0.25, -0.2) is 0 Å². The van der Waals surface area contributed by atoms with Gasteiger partial charge in [0.1, 0.15) is 5.75 Å². The molecule has 0 spiro atoms. The van der Waals surface area contributed by atoms with Crippen LogP contribution in [-0.4, -0.2) is 35.9 Å². The fourth-order valence-corrected chi connectivity index (χ4v) is 2.51.